The molecule has 0 amide bonds. The van der Waals surface area contributed by atoms with Crippen molar-refractivity contribution in [3.8, 4) is 11.5 Å². The number of aliphatic hydroxyl groups excluding tert-OH is 1. The number of benzene rings is 1. The Hall–Kier alpha value is -1.30. The van der Waals surface area contributed by atoms with Crippen molar-refractivity contribution in [3.05, 3.63) is 23.8 Å². The monoisotopic (exact) mass is 282 g/mol. The smallest absolute Gasteiger partial charge is 0.123 e. The number of methoxy groups -OCH3 is 2. The maximum atomic E-state index is 9.45. The van der Waals surface area contributed by atoms with E-state index in [4.69, 9.17) is 15.2 Å². The van der Waals surface area contributed by atoms with Crippen LogP contribution in [0.4, 0.5) is 0 Å². The van der Waals surface area contributed by atoms with Crippen LogP contribution in [0, 0.1) is 0 Å². The maximum Gasteiger partial charge on any atom is 0.123 e. The van der Waals surface area contributed by atoms with Crippen LogP contribution in [0.15, 0.2) is 18.2 Å². The van der Waals surface area contributed by atoms with Crippen molar-refractivity contribution in [2.24, 2.45) is 5.73 Å². The standard InChI is InChI=1S/C15H26N2O3/c1-10(7-11(2)18)17-14(9-16)13-8-12(19-3)5-6-15(13)20-4/h5-6,8,10-11,14,17-18H,7,9,16H2,1-4H3. The minimum absolute atomic E-state index is 0.0474. The molecule has 0 aliphatic heterocycles. The average Bonchev–Trinajstić information content (AvgIpc) is 2.43. The second kappa shape index (κ2) is 8.09. The van der Waals surface area contributed by atoms with Crippen LogP contribution in [0.3, 0.4) is 0 Å². The van der Waals surface area contributed by atoms with Gasteiger partial charge < -0.3 is 25.6 Å². The van der Waals surface area contributed by atoms with E-state index >= 15 is 0 Å². The molecule has 1 aromatic carbocycles. The van der Waals surface area contributed by atoms with Gasteiger partial charge >= 0.3 is 0 Å². The summed E-state index contributed by atoms with van der Waals surface area (Å²) in [5.41, 5.74) is 6.84. The summed E-state index contributed by atoms with van der Waals surface area (Å²) >= 11 is 0. The fourth-order valence-electron chi connectivity index (χ4n) is 2.32. The number of rotatable bonds is 8. The van der Waals surface area contributed by atoms with Crippen molar-refractivity contribution >= 4 is 0 Å². The normalized spacial score (nSPS) is 15.5. The largest absolute Gasteiger partial charge is 0.497 e. The molecule has 0 saturated carbocycles. The molecule has 0 fully saturated rings. The number of aliphatic hydroxyl groups is 1. The molecule has 0 bridgehead atoms. The van der Waals surface area contributed by atoms with E-state index in [1.807, 2.05) is 25.1 Å². The summed E-state index contributed by atoms with van der Waals surface area (Å²) in [7, 11) is 3.27. The summed E-state index contributed by atoms with van der Waals surface area (Å²) in [6.07, 6.45) is 0.325. The Balaban J connectivity index is 2.92. The zero-order chi connectivity index (χ0) is 15.1. The van der Waals surface area contributed by atoms with Crippen LogP contribution in [0.5, 0.6) is 11.5 Å². The van der Waals surface area contributed by atoms with Gasteiger partial charge in [0.15, 0.2) is 0 Å². The molecule has 0 saturated heterocycles. The molecular weight excluding hydrogens is 256 g/mol. The highest BCUT2D eigenvalue weighted by Crippen LogP contribution is 2.29. The summed E-state index contributed by atoms with van der Waals surface area (Å²) in [6, 6.07) is 5.76. The predicted molar refractivity (Wildman–Crippen MR) is 80.2 cm³/mol. The van der Waals surface area contributed by atoms with Gasteiger partial charge in [-0.3, -0.25) is 0 Å². The summed E-state index contributed by atoms with van der Waals surface area (Å²) < 4.78 is 10.6. The molecule has 5 heteroatoms. The van der Waals surface area contributed by atoms with Gasteiger partial charge in [0.2, 0.25) is 0 Å². The Morgan fingerprint density at radius 3 is 2.45 bits per heavy atom. The Morgan fingerprint density at radius 2 is 1.95 bits per heavy atom. The minimum atomic E-state index is -0.344. The van der Waals surface area contributed by atoms with Gasteiger partial charge in [0, 0.05) is 24.2 Å². The minimum Gasteiger partial charge on any atom is -0.497 e. The first-order valence-electron chi connectivity index (χ1n) is 6.87. The van der Waals surface area contributed by atoms with E-state index in [9.17, 15) is 5.11 Å². The fourth-order valence-corrected chi connectivity index (χ4v) is 2.32. The lowest BCUT2D eigenvalue weighted by Crippen LogP contribution is -2.36. The van der Waals surface area contributed by atoms with Crippen molar-refractivity contribution in [3.63, 3.8) is 0 Å². The predicted octanol–water partition coefficient (Wildman–Crippen LogP) is 1.45. The maximum absolute atomic E-state index is 9.45. The summed E-state index contributed by atoms with van der Waals surface area (Å²) in [4.78, 5) is 0. The van der Waals surface area contributed by atoms with Crippen molar-refractivity contribution in [2.75, 3.05) is 20.8 Å². The van der Waals surface area contributed by atoms with Crippen LogP contribution in [-0.2, 0) is 0 Å². The average molecular weight is 282 g/mol. The van der Waals surface area contributed by atoms with Crippen LogP contribution in [0.1, 0.15) is 31.9 Å². The van der Waals surface area contributed by atoms with E-state index in [0.29, 0.717) is 13.0 Å². The first-order valence-corrected chi connectivity index (χ1v) is 6.87. The van der Waals surface area contributed by atoms with Gasteiger partial charge in [-0.2, -0.15) is 0 Å². The first kappa shape index (κ1) is 16.8. The molecule has 0 heterocycles. The molecule has 0 aliphatic carbocycles. The van der Waals surface area contributed by atoms with Crippen LogP contribution in [-0.4, -0.2) is 38.0 Å². The number of ether oxygens (including phenoxy) is 2. The van der Waals surface area contributed by atoms with Gasteiger partial charge in [-0.15, -0.1) is 0 Å². The lowest BCUT2D eigenvalue weighted by atomic mass is 10.0. The van der Waals surface area contributed by atoms with E-state index in [0.717, 1.165) is 17.1 Å². The summed E-state index contributed by atoms with van der Waals surface area (Å²) in [6.45, 7) is 4.25. The molecule has 0 radical (unpaired) electrons. The van der Waals surface area contributed by atoms with Crippen molar-refractivity contribution in [1.29, 1.82) is 0 Å². The molecule has 0 spiro atoms. The van der Waals surface area contributed by atoms with Crippen molar-refractivity contribution in [2.45, 2.75) is 38.5 Å². The van der Waals surface area contributed by atoms with Gasteiger partial charge in [-0.25, -0.2) is 0 Å². The van der Waals surface area contributed by atoms with E-state index in [-0.39, 0.29) is 18.2 Å². The van der Waals surface area contributed by atoms with Crippen LogP contribution in [0.2, 0.25) is 0 Å². The Morgan fingerprint density at radius 1 is 1.25 bits per heavy atom. The quantitative estimate of drug-likeness (QED) is 0.673. The molecule has 1 aromatic rings. The lowest BCUT2D eigenvalue weighted by molar-refractivity contribution is 0.168. The Kier molecular flexibility index (Phi) is 6.78. The Bertz CT molecular complexity index is 410. The molecule has 1 rings (SSSR count). The molecule has 4 N–H and O–H groups in total. The third-order valence-electron chi connectivity index (χ3n) is 3.23. The van der Waals surface area contributed by atoms with Gasteiger partial charge in [0.1, 0.15) is 11.5 Å². The van der Waals surface area contributed by atoms with E-state index in [2.05, 4.69) is 5.32 Å². The molecule has 5 nitrogen and oxygen atoms in total. The zero-order valence-corrected chi connectivity index (χ0v) is 12.7. The number of hydrogen-bond acceptors (Lipinski definition) is 5. The molecule has 3 atom stereocenters. The number of hydrogen-bond donors (Lipinski definition) is 3. The van der Waals surface area contributed by atoms with E-state index in [1.54, 1.807) is 21.1 Å². The number of nitrogens with two attached hydrogens (primary N) is 1. The first-order chi connectivity index (χ1) is 9.51. The SMILES string of the molecule is COc1ccc(OC)c(C(CN)NC(C)CC(C)O)c1. The van der Waals surface area contributed by atoms with Gasteiger partial charge in [0.25, 0.3) is 0 Å². The van der Waals surface area contributed by atoms with E-state index < -0.39 is 0 Å². The highest BCUT2D eigenvalue weighted by atomic mass is 16.5. The second-order valence-electron chi connectivity index (χ2n) is 5.05. The van der Waals surface area contributed by atoms with Gasteiger partial charge in [-0.05, 0) is 38.5 Å². The second-order valence-corrected chi connectivity index (χ2v) is 5.05. The number of nitrogens with one attached hydrogen (secondary N) is 1. The third-order valence-corrected chi connectivity index (χ3v) is 3.23. The highest BCUT2D eigenvalue weighted by molar-refractivity contribution is 5.42. The van der Waals surface area contributed by atoms with E-state index in [1.165, 1.54) is 0 Å². The fraction of sp³-hybridized carbons (Fsp3) is 0.600. The molecule has 114 valence electrons. The van der Waals surface area contributed by atoms with Crippen molar-refractivity contribution in [1.82, 2.24) is 5.32 Å². The van der Waals surface area contributed by atoms with Crippen LogP contribution >= 0.6 is 0 Å². The van der Waals surface area contributed by atoms with Crippen LogP contribution < -0.4 is 20.5 Å². The van der Waals surface area contributed by atoms with Gasteiger partial charge in [0.05, 0.1) is 20.3 Å². The third kappa shape index (κ3) is 4.67. The van der Waals surface area contributed by atoms with Gasteiger partial charge in [-0.1, -0.05) is 0 Å². The molecule has 3 unspecified atom stereocenters. The Labute approximate surface area is 121 Å². The summed E-state index contributed by atoms with van der Waals surface area (Å²) in [5, 5.41) is 12.9. The van der Waals surface area contributed by atoms with Crippen molar-refractivity contribution < 1.29 is 14.6 Å². The lowest BCUT2D eigenvalue weighted by Gasteiger charge is -2.25. The topological polar surface area (TPSA) is 76.7 Å². The molecule has 0 aromatic heterocycles. The molecule has 0 aliphatic rings. The molecule has 20 heavy (non-hydrogen) atoms. The summed E-state index contributed by atoms with van der Waals surface area (Å²) in [5.74, 6) is 1.54. The van der Waals surface area contributed by atoms with Crippen LogP contribution in [0.25, 0.3) is 0 Å². The zero-order valence-electron chi connectivity index (χ0n) is 12.7. The highest BCUT2D eigenvalue weighted by Gasteiger charge is 2.18. The molecular formula is C15H26N2O3.